The lowest BCUT2D eigenvalue weighted by Gasteiger charge is -2.06. The van der Waals surface area contributed by atoms with Crippen LogP contribution in [-0.2, 0) is 16.3 Å². The minimum atomic E-state index is -0.830. The molecule has 1 heterocycles. The van der Waals surface area contributed by atoms with E-state index in [4.69, 9.17) is 4.74 Å². The predicted molar refractivity (Wildman–Crippen MR) is 53.4 cm³/mol. The molecule has 0 saturated carbocycles. The Bertz CT molecular complexity index is 209. The van der Waals surface area contributed by atoms with Crippen molar-refractivity contribution in [2.24, 2.45) is 0 Å². The summed E-state index contributed by atoms with van der Waals surface area (Å²) < 4.78 is 5.04. The van der Waals surface area contributed by atoms with Crippen LogP contribution in [0.25, 0.3) is 0 Å². The Balaban J connectivity index is 2.02. The summed E-state index contributed by atoms with van der Waals surface area (Å²) in [5, 5.41) is 12.9. The summed E-state index contributed by atoms with van der Waals surface area (Å²) in [6.45, 7) is 2.43. The van der Waals surface area contributed by atoms with Crippen molar-refractivity contribution in [1.82, 2.24) is 0 Å². The van der Waals surface area contributed by atoms with Crippen LogP contribution in [0.15, 0.2) is 17.5 Å². The first kappa shape index (κ1) is 10.7. The molecular weight excluding hydrogens is 184 g/mol. The Morgan fingerprint density at radius 2 is 2.46 bits per heavy atom. The Hall–Kier alpha value is -0.380. The normalized spacial score (nSPS) is 13.1. The highest BCUT2D eigenvalue weighted by molar-refractivity contribution is 7.09. The van der Waals surface area contributed by atoms with Crippen molar-refractivity contribution >= 4 is 11.3 Å². The lowest BCUT2D eigenvalue weighted by atomic mass is 10.3. The molecule has 0 aromatic carbocycles. The summed E-state index contributed by atoms with van der Waals surface area (Å²) in [5.74, 6) is 0. The number of hydrogen-bond acceptors (Lipinski definition) is 2. The molecule has 0 saturated heterocycles. The molecule has 0 aliphatic heterocycles. The molecule has 0 aliphatic carbocycles. The highest BCUT2D eigenvalue weighted by atomic mass is 32.1. The van der Waals surface area contributed by atoms with Crippen molar-refractivity contribution < 1.29 is 9.84 Å². The van der Waals surface area contributed by atoms with Crippen LogP contribution in [0.3, 0.4) is 0 Å². The van der Waals surface area contributed by atoms with Gasteiger partial charge in [-0.05, 0) is 30.7 Å². The molecule has 73 valence electrons. The van der Waals surface area contributed by atoms with Crippen molar-refractivity contribution in [3.8, 4) is 0 Å². The summed E-state index contributed by atoms with van der Waals surface area (Å²) >= 11 is 1.75. The van der Waals surface area contributed by atoms with Gasteiger partial charge in [-0.1, -0.05) is 13.0 Å². The average Bonchev–Trinajstić information content (AvgIpc) is 2.64. The maximum Gasteiger partial charge on any atom is 0.191 e. The average molecular weight is 199 g/mol. The fourth-order valence-electron chi connectivity index (χ4n) is 1.03. The van der Waals surface area contributed by atoms with Crippen LogP contribution in [-0.4, -0.2) is 12.9 Å². The summed E-state index contributed by atoms with van der Waals surface area (Å²) in [7, 11) is 0. The Morgan fingerprint density at radius 1 is 1.62 bits per heavy atom. The minimum Gasteiger partial charge on any atom is -0.350 e. The fourth-order valence-corrected chi connectivity index (χ4v) is 1.79. The SMILES string of the molecule is CCC([O])OCCCc1cccs1. The molecule has 0 spiro atoms. The van der Waals surface area contributed by atoms with Gasteiger partial charge in [-0.3, -0.25) is 0 Å². The second-order valence-corrected chi connectivity index (χ2v) is 3.92. The molecule has 0 aliphatic rings. The van der Waals surface area contributed by atoms with Crippen LogP contribution in [0.4, 0.5) is 0 Å². The highest BCUT2D eigenvalue weighted by Gasteiger charge is 2.01. The van der Waals surface area contributed by atoms with Gasteiger partial charge >= 0.3 is 0 Å². The van der Waals surface area contributed by atoms with Crippen molar-refractivity contribution in [3.05, 3.63) is 22.4 Å². The molecule has 0 N–H and O–H groups in total. The van der Waals surface area contributed by atoms with Crippen LogP contribution in [0, 0.1) is 0 Å². The van der Waals surface area contributed by atoms with Crippen LogP contribution in [0.5, 0.6) is 0 Å². The van der Waals surface area contributed by atoms with Crippen molar-refractivity contribution in [2.45, 2.75) is 32.5 Å². The molecule has 1 aromatic rings. The smallest absolute Gasteiger partial charge is 0.191 e. The summed E-state index contributed by atoms with van der Waals surface area (Å²) in [4.78, 5) is 1.36. The number of ether oxygens (including phenoxy) is 1. The zero-order valence-electron chi connectivity index (χ0n) is 7.86. The van der Waals surface area contributed by atoms with E-state index in [1.54, 1.807) is 11.3 Å². The molecule has 2 nitrogen and oxygen atoms in total. The monoisotopic (exact) mass is 199 g/mol. The fraction of sp³-hybridized carbons (Fsp3) is 0.600. The van der Waals surface area contributed by atoms with Gasteiger partial charge in [0.05, 0.1) is 6.61 Å². The second-order valence-electron chi connectivity index (χ2n) is 2.89. The van der Waals surface area contributed by atoms with Gasteiger partial charge in [0.2, 0.25) is 0 Å². The van der Waals surface area contributed by atoms with E-state index in [9.17, 15) is 5.11 Å². The van der Waals surface area contributed by atoms with E-state index in [1.165, 1.54) is 4.88 Å². The van der Waals surface area contributed by atoms with Crippen molar-refractivity contribution in [1.29, 1.82) is 0 Å². The molecule has 13 heavy (non-hydrogen) atoms. The number of thiophene rings is 1. The summed E-state index contributed by atoms with van der Waals surface area (Å²) in [6.07, 6.45) is 1.69. The number of hydrogen-bond donors (Lipinski definition) is 0. The van der Waals surface area contributed by atoms with Crippen LogP contribution >= 0.6 is 11.3 Å². The standard InChI is InChI=1S/C10H15O2S/c1-2-10(11)12-7-3-5-9-6-4-8-13-9/h4,6,8,10H,2-3,5,7H2,1H3. The molecular formula is C10H15O2S. The molecule has 1 radical (unpaired) electrons. The largest absolute Gasteiger partial charge is 0.350 e. The van der Waals surface area contributed by atoms with Gasteiger partial charge in [0.15, 0.2) is 6.29 Å². The van der Waals surface area contributed by atoms with Gasteiger partial charge in [0.1, 0.15) is 0 Å². The Morgan fingerprint density at radius 3 is 3.08 bits per heavy atom. The Labute approximate surface area is 83.2 Å². The van der Waals surface area contributed by atoms with E-state index in [0.717, 1.165) is 12.8 Å². The molecule has 0 fully saturated rings. The third-order valence-corrected chi connectivity index (χ3v) is 2.72. The van der Waals surface area contributed by atoms with E-state index in [2.05, 4.69) is 11.4 Å². The first-order valence-corrected chi connectivity index (χ1v) is 5.50. The number of aryl methyl sites for hydroxylation is 1. The number of rotatable bonds is 6. The first-order valence-electron chi connectivity index (χ1n) is 4.62. The van der Waals surface area contributed by atoms with Crippen LogP contribution < -0.4 is 0 Å². The molecule has 1 atom stereocenters. The van der Waals surface area contributed by atoms with E-state index in [1.807, 2.05) is 13.0 Å². The quantitative estimate of drug-likeness (QED) is 0.511. The molecule has 1 unspecified atom stereocenters. The third kappa shape index (κ3) is 4.41. The van der Waals surface area contributed by atoms with Gasteiger partial charge in [0.25, 0.3) is 0 Å². The lowest BCUT2D eigenvalue weighted by molar-refractivity contribution is -0.140. The third-order valence-electron chi connectivity index (χ3n) is 1.78. The minimum absolute atomic E-state index is 0.555. The van der Waals surface area contributed by atoms with Crippen LogP contribution in [0.2, 0.25) is 0 Å². The molecule has 1 rings (SSSR count). The predicted octanol–water partition coefficient (Wildman–Crippen LogP) is 2.86. The molecule has 0 amide bonds. The van der Waals surface area contributed by atoms with E-state index in [-0.39, 0.29) is 0 Å². The maximum absolute atomic E-state index is 10.8. The molecule has 0 bridgehead atoms. The summed E-state index contributed by atoms with van der Waals surface area (Å²) in [6, 6.07) is 4.16. The van der Waals surface area contributed by atoms with Gasteiger partial charge in [-0.15, -0.1) is 11.3 Å². The van der Waals surface area contributed by atoms with Gasteiger partial charge in [-0.25, -0.2) is 5.11 Å². The van der Waals surface area contributed by atoms with Crippen molar-refractivity contribution in [3.63, 3.8) is 0 Å². The molecule has 3 heteroatoms. The Kier molecular flexibility index (Phi) is 5.05. The zero-order chi connectivity index (χ0) is 9.52. The molecule has 1 aromatic heterocycles. The van der Waals surface area contributed by atoms with Crippen LogP contribution in [0.1, 0.15) is 24.6 Å². The topological polar surface area (TPSA) is 29.1 Å². The van der Waals surface area contributed by atoms with E-state index in [0.29, 0.717) is 13.0 Å². The zero-order valence-corrected chi connectivity index (χ0v) is 8.68. The van der Waals surface area contributed by atoms with E-state index < -0.39 is 6.29 Å². The van der Waals surface area contributed by atoms with Gasteiger partial charge in [-0.2, -0.15) is 0 Å². The second kappa shape index (κ2) is 6.13. The lowest BCUT2D eigenvalue weighted by Crippen LogP contribution is -2.09. The van der Waals surface area contributed by atoms with Gasteiger partial charge in [0, 0.05) is 4.88 Å². The van der Waals surface area contributed by atoms with E-state index >= 15 is 0 Å². The first-order chi connectivity index (χ1) is 6.33. The highest BCUT2D eigenvalue weighted by Crippen LogP contribution is 2.10. The maximum atomic E-state index is 10.8. The van der Waals surface area contributed by atoms with Crippen molar-refractivity contribution in [2.75, 3.05) is 6.61 Å². The van der Waals surface area contributed by atoms with Gasteiger partial charge < -0.3 is 4.74 Å². The summed E-state index contributed by atoms with van der Waals surface area (Å²) in [5.41, 5.74) is 0.